The Balaban J connectivity index is 2.13. The van der Waals surface area contributed by atoms with Gasteiger partial charge in [0.15, 0.2) is 0 Å². The molecule has 3 nitrogen and oxygen atoms in total. The van der Waals surface area contributed by atoms with Gasteiger partial charge in [0.2, 0.25) is 5.91 Å². The Morgan fingerprint density at radius 2 is 1.94 bits per heavy atom. The molecule has 1 atom stereocenters. The van der Waals surface area contributed by atoms with E-state index in [0.717, 1.165) is 0 Å². The molecule has 0 bridgehead atoms. The summed E-state index contributed by atoms with van der Waals surface area (Å²) in [6, 6.07) is 8.69. The van der Waals surface area contributed by atoms with Crippen LogP contribution in [0.2, 0.25) is 0 Å². The summed E-state index contributed by atoms with van der Waals surface area (Å²) in [5.41, 5.74) is 5.69. The fourth-order valence-corrected chi connectivity index (χ4v) is 1.99. The van der Waals surface area contributed by atoms with Crippen LogP contribution in [0.4, 0.5) is 0 Å². The van der Waals surface area contributed by atoms with E-state index in [0.29, 0.717) is 6.42 Å². The van der Waals surface area contributed by atoms with Gasteiger partial charge in [0.1, 0.15) is 0 Å². The first-order valence-corrected chi connectivity index (χ1v) is 5.72. The van der Waals surface area contributed by atoms with E-state index in [4.69, 9.17) is 0 Å². The van der Waals surface area contributed by atoms with Gasteiger partial charge < -0.3 is 0 Å². The molecule has 1 amide bonds. The van der Waals surface area contributed by atoms with Gasteiger partial charge in [-0.3, -0.25) is 9.80 Å². The minimum atomic E-state index is 0.135. The Kier molecular flexibility index (Phi) is 2.97. The van der Waals surface area contributed by atoms with E-state index in [1.807, 2.05) is 13.8 Å². The van der Waals surface area contributed by atoms with Crippen LogP contribution in [0.1, 0.15) is 37.4 Å². The van der Waals surface area contributed by atoms with Gasteiger partial charge in [-0.1, -0.05) is 29.8 Å². The van der Waals surface area contributed by atoms with E-state index in [-0.39, 0.29) is 18.0 Å². The predicted molar refractivity (Wildman–Crippen MR) is 63.7 cm³/mol. The largest absolute Gasteiger partial charge is 0.275 e. The molecule has 2 rings (SSSR count). The maximum Gasteiger partial charge on any atom is 0.238 e. The van der Waals surface area contributed by atoms with E-state index in [1.54, 1.807) is 5.01 Å². The van der Waals surface area contributed by atoms with Crippen molar-refractivity contribution in [2.75, 3.05) is 0 Å². The lowest BCUT2D eigenvalue weighted by molar-refractivity contribution is -0.131. The lowest BCUT2D eigenvalue weighted by Gasteiger charge is -2.22. The third-order valence-electron chi connectivity index (χ3n) is 2.94. The fourth-order valence-electron chi connectivity index (χ4n) is 1.99. The summed E-state index contributed by atoms with van der Waals surface area (Å²) in [7, 11) is 0. The molecule has 1 N–H and O–H groups in total. The lowest BCUT2D eigenvalue weighted by Crippen LogP contribution is -2.40. The summed E-state index contributed by atoms with van der Waals surface area (Å²) in [5.74, 6) is 0.181. The second-order valence-electron chi connectivity index (χ2n) is 4.65. The van der Waals surface area contributed by atoms with Gasteiger partial charge in [-0.05, 0) is 26.3 Å². The van der Waals surface area contributed by atoms with Gasteiger partial charge in [0.05, 0.1) is 6.04 Å². The molecule has 1 fully saturated rings. The number of rotatable bonds is 2. The minimum absolute atomic E-state index is 0.135. The Hall–Kier alpha value is -1.35. The second kappa shape index (κ2) is 4.26. The number of hydrogen-bond acceptors (Lipinski definition) is 2. The van der Waals surface area contributed by atoms with Crippen molar-refractivity contribution in [3.8, 4) is 0 Å². The monoisotopic (exact) mass is 218 g/mol. The van der Waals surface area contributed by atoms with Gasteiger partial charge >= 0.3 is 0 Å². The number of carbonyl (C=O) groups excluding carboxylic acids is 1. The normalized spacial score (nSPS) is 20.9. The van der Waals surface area contributed by atoms with Crippen LogP contribution in [-0.2, 0) is 4.79 Å². The van der Waals surface area contributed by atoms with Crippen molar-refractivity contribution >= 4 is 5.91 Å². The van der Waals surface area contributed by atoms with Crippen molar-refractivity contribution < 1.29 is 4.79 Å². The van der Waals surface area contributed by atoms with Crippen molar-refractivity contribution in [1.29, 1.82) is 0 Å². The first-order chi connectivity index (χ1) is 7.58. The second-order valence-corrected chi connectivity index (χ2v) is 4.65. The highest BCUT2D eigenvalue weighted by Crippen LogP contribution is 2.24. The highest BCUT2D eigenvalue weighted by atomic mass is 16.2. The van der Waals surface area contributed by atoms with Crippen LogP contribution in [0.25, 0.3) is 0 Å². The molecular weight excluding hydrogens is 200 g/mol. The SMILES string of the molecule is Cc1ccc(C2CC(=O)N(C(C)C)N2)cc1. The molecule has 1 saturated heterocycles. The van der Waals surface area contributed by atoms with Crippen LogP contribution in [0.5, 0.6) is 0 Å². The number of hydrogen-bond donors (Lipinski definition) is 1. The summed E-state index contributed by atoms with van der Waals surface area (Å²) in [4.78, 5) is 11.7. The van der Waals surface area contributed by atoms with Crippen LogP contribution >= 0.6 is 0 Å². The zero-order valence-electron chi connectivity index (χ0n) is 10.0. The highest BCUT2D eigenvalue weighted by Gasteiger charge is 2.31. The predicted octanol–water partition coefficient (Wildman–Crippen LogP) is 2.18. The molecule has 0 aliphatic carbocycles. The number of aryl methyl sites for hydroxylation is 1. The maximum absolute atomic E-state index is 11.7. The average Bonchev–Trinajstić information content (AvgIpc) is 2.61. The Morgan fingerprint density at radius 3 is 2.44 bits per heavy atom. The third-order valence-corrected chi connectivity index (χ3v) is 2.94. The molecule has 1 aromatic carbocycles. The highest BCUT2D eigenvalue weighted by molar-refractivity contribution is 5.79. The average molecular weight is 218 g/mol. The van der Waals surface area contributed by atoms with E-state index in [1.165, 1.54) is 11.1 Å². The molecule has 86 valence electrons. The fraction of sp³-hybridized carbons (Fsp3) is 0.462. The van der Waals surface area contributed by atoms with Crippen LogP contribution in [0, 0.1) is 6.92 Å². The van der Waals surface area contributed by atoms with Crippen molar-refractivity contribution in [3.63, 3.8) is 0 Å². The maximum atomic E-state index is 11.7. The van der Waals surface area contributed by atoms with Gasteiger partial charge in [0.25, 0.3) is 0 Å². The minimum Gasteiger partial charge on any atom is -0.275 e. The van der Waals surface area contributed by atoms with Gasteiger partial charge in [0, 0.05) is 12.5 Å². The summed E-state index contributed by atoms with van der Waals surface area (Å²) in [5, 5.41) is 1.73. The molecule has 0 spiro atoms. The molecule has 1 aliphatic heterocycles. The van der Waals surface area contributed by atoms with Crippen LogP contribution in [-0.4, -0.2) is 17.0 Å². The molecule has 16 heavy (non-hydrogen) atoms. The van der Waals surface area contributed by atoms with Gasteiger partial charge in [-0.2, -0.15) is 0 Å². The number of amides is 1. The number of hydrazine groups is 1. The Labute approximate surface area is 96.4 Å². The van der Waals surface area contributed by atoms with E-state index in [2.05, 4.69) is 36.6 Å². The van der Waals surface area contributed by atoms with E-state index in [9.17, 15) is 4.79 Å². The molecular formula is C13H18N2O. The molecule has 0 saturated carbocycles. The lowest BCUT2D eigenvalue weighted by atomic mass is 10.0. The topological polar surface area (TPSA) is 32.3 Å². The number of nitrogens with one attached hydrogen (secondary N) is 1. The van der Waals surface area contributed by atoms with Crippen molar-refractivity contribution in [3.05, 3.63) is 35.4 Å². The summed E-state index contributed by atoms with van der Waals surface area (Å²) in [6.07, 6.45) is 0.557. The van der Waals surface area contributed by atoms with E-state index < -0.39 is 0 Å². The smallest absolute Gasteiger partial charge is 0.238 e. The van der Waals surface area contributed by atoms with Crippen LogP contribution < -0.4 is 5.43 Å². The Morgan fingerprint density at radius 1 is 1.31 bits per heavy atom. The molecule has 0 radical (unpaired) electrons. The molecule has 1 heterocycles. The van der Waals surface area contributed by atoms with Crippen molar-refractivity contribution in [2.45, 2.75) is 39.3 Å². The van der Waals surface area contributed by atoms with E-state index >= 15 is 0 Å². The van der Waals surface area contributed by atoms with Crippen LogP contribution in [0.15, 0.2) is 24.3 Å². The van der Waals surface area contributed by atoms with Crippen LogP contribution in [0.3, 0.4) is 0 Å². The first-order valence-electron chi connectivity index (χ1n) is 5.72. The molecule has 1 unspecified atom stereocenters. The Bertz CT molecular complexity index is 383. The zero-order chi connectivity index (χ0) is 11.7. The van der Waals surface area contributed by atoms with Crippen molar-refractivity contribution in [2.24, 2.45) is 0 Å². The summed E-state index contributed by atoms with van der Waals surface area (Å²) < 4.78 is 0. The molecule has 0 aromatic heterocycles. The standard InChI is InChI=1S/C13H18N2O/c1-9(2)15-13(16)8-12(14-15)11-6-4-10(3)5-7-11/h4-7,9,12,14H,8H2,1-3H3. The number of carbonyl (C=O) groups is 1. The summed E-state index contributed by atoms with van der Waals surface area (Å²) in [6.45, 7) is 6.10. The van der Waals surface area contributed by atoms with Crippen molar-refractivity contribution in [1.82, 2.24) is 10.4 Å². The summed E-state index contributed by atoms with van der Waals surface area (Å²) >= 11 is 0. The first kappa shape index (κ1) is 11.1. The molecule has 1 aromatic rings. The zero-order valence-corrected chi connectivity index (χ0v) is 10.0. The van der Waals surface area contributed by atoms with Gasteiger partial charge in [-0.15, -0.1) is 0 Å². The number of nitrogens with zero attached hydrogens (tertiary/aromatic N) is 1. The molecule has 3 heteroatoms. The van der Waals surface area contributed by atoms with Gasteiger partial charge in [-0.25, -0.2) is 5.43 Å². The molecule has 1 aliphatic rings. The quantitative estimate of drug-likeness (QED) is 0.825. The third kappa shape index (κ3) is 2.09. The number of benzene rings is 1.